The van der Waals surface area contributed by atoms with E-state index in [0.717, 1.165) is 12.1 Å². The number of hydrogen-bond acceptors (Lipinski definition) is 5. The summed E-state index contributed by atoms with van der Waals surface area (Å²) in [6, 6.07) is 8.35. The summed E-state index contributed by atoms with van der Waals surface area (Å²) in [4.78, 5) is 42.2. The van der Waals surface area contributed by atoms with Gasteiger partial charge < -0.3 is 15.1 Å². The Bertz CT molecular complexity index is 1170. The van der Waals surface area contributed by atoms with Gasteiger partial charge in [-0.15, -0.1) is 11.8 Å². The largest absolute Gasteiger partial charge is 0.416 e. The van der Waals surface area contributed by atoms with Crippen molar-refractivity contribution in [2.24, 2.45) is 0 Å². The van der Waals surface area contributed by atoms with Crippen LogP contribution in [0.15, 0.2) is 42.5 Å². The number of nitrogens with one attached hydrogen (secondary N) is 2. The van der Waals surface area contributed by atoms with E-state index in [1.807, 2.05) is 0 Å². The zero-order valence-corrected chi connectivity index (χ0v) is 18.7. The molecule has 0 saturated carbocycles. The smallest absolute Gasteiger partial charge is 0.337 e. The Hall–Kier alpha value is -3.05. The monoisotopic (exact) mass is 490 g/mol. The molecule has 2 fully saturated rings. The van der Waals surface area contributed by atoms with Crippen molar-refractivity contribution in [1.29, 1.82) is 0 Å². The molecule has 2 aromatic rings. The number of thioether (sulfide) groups is 1. The highest BCUT2D eigenvalue weighted by Gasteiger charge is 2.42. The lowest BCUT2D eigenvalue weighted by atomic mass is 9.99. The Morgan fingerprint density at radius 2 is 1.85 bits per heavy atom. The first-order valence-electron chi connectivity index (χ1n) is 10.8. The maximum atomic E-state index is 13.4. The average Bonchev–Trinajstić information content (AvgIpc) is 3.34. The van der Waals surface area contributed by atoms with Gasteiger partial charge in [0.2, 0.25) is 11.8 Å². The van der Waals surface area contributed by atoms with Gasteiger partial charge in [0.05, 0.1) is 29.4 Å². The van der Waals surface area contributed by atoms with E-state index in [1.165, 1.54) is 23.1 Å². The topological polar surface area (TPSA) is 81.8 Å². The molecule has 0 unspecified atom stereocenters. The SMILES string of the molecule is O=C1Nc2ccc(-c3cccc(C(F)(F)F)c3)cc2C(=O)N2CCN(C(=O)[C@@H]3CSCN3)C[C@H]12. The lowest BCUT2D eigenvalue weighted by Gasteiger charge is -2.40. The Morgan fingerprint density at radius 1 is 1.06 bits per heavy atom. The van der Waals surface area contributed by atoms with Crippen molar-refractivity contribution < 1.29 is 27.6 Å². The third kappa shape index (κ3) is 4.14. The van der Waals surface area contributed by atoms with Crippen molar-refractivity contribution in [3.63, 3.8) is 0 Å². The van der Waals surface area contributed by atoms with Crippen molar-refractivity contribution >= 4 is 35.2 Å². The van der Waals surface area contributed by atoms with Gasteiger partial charge in [0.15, 0.2) is 0 Å². The Labute approximate surface area is 197 Å². The number of rotatable bonds is 2. The molecular weight excluding hydrogens is 469 g/mol. The second-order valence-corrected chi connectivity index (χ2v) is 9.43. The quantitative estimate of drug-likeness (QED) is 0.677. The number of carbonyl (C=O) groups is 3. The average molecular weight is 491 g/mol. The summed E-state index contributed by atoms with van der Waals surface area (Å²) in [6.07, 6.45) is -4.48. The van der Waals surface area contributed by atoms with E-state index in [9.17, 15) is 27.6 Å². The van der Waals surface area contributed by atoms with Crippen LogP contribution in [-0.4, -0.2) is 70.9 Å². The lowest BCUT2D eigenvalue weighted by molar-refractivity contribution is -0.138. The highest BCUT2D eigenvalue weighted by Crippen LogP contribution is 2.34. The van der Waals surface area contributed by atoms with Crippen molar-refractivity contribution in [2.75, 3.05) is 36.6 Å². The van der Waals surface area contributed by atoms with Crippen LogP contribution in [0.25, 0.3) is 11.1 Å². The van der Waals surface area contributed by atoms with Gasteiger partial charge in [0.25, 0.3) is 5.91 Å². The van der Waals surface area contributed by atoms with Crippen LogP contribution in [0.4, 0.5) is 18.9 Å². The van der Waals surface area contributed by atoms with Gasteiger partial charge in [-0.3, -0.25) is 19.7 Å². The van der Waals surface area contributed by atoms with Gasteiger partial charge >= 0.3 is 6.18 Å². The molecule has 3 heterocycles. The van der Waals surface area contributed by atoms with Crippen molar-refractivity contribution in [3.05, 3.63) is 53.6 Å². The zero-order chi connectivity index (χ0) is 24.0. The molecule has 5 rings (SSSR count). The maximum Gasteiger partial charge on any atom is 0.416 e. The molecule has 2 N–H and O–H groups in total. The fraction of sp³-hybridized carbons (Fsp3) is 0.348. The number of amides is 3. The summed E-state index contributed by atoms with van der Waals surface area (Å²) in [5.41, 5.74) is 0.473. The predicted octanol–water partition coefficient (Wildman–Crippen LogP) is 2.64. The summed E-state index contributed by atoms with van der Waals surface area (Å²) in [5.74, 6) is 0.485. The Morgan fingerprint density at radius 3 is 2.59 bits per heavy atom. The minimum Gasteiger partial charge on any atom is -0.337 e. The van der Waals surface area contributed by atoms with E-state index < -0.39 is 29.6 Å². The van der Waals surface area contributed by atoms with Gasteiger partial charge in [-0.1, -0.05) is 18.2 Å². The molecule has 34 heavy (non-hydrogen) atoms. The molecule has 11 heteroatoms. The van der Waals surface area contributed by atoms with Crippen molar-refractivity contribution in [1.82, 2.24) is 15.1 Å². The Balaban J connectivity index is 1.42. The second-order valence-electron chi connectivity index (χ2n) is 8.40. The summed E-state index contributed by atoms with van der Waals surface area (Å²) in [7, 11) is 0. The molecule has 0 spiro atoms. The number of piperazine rings is 1. The number of carbonyl (C=O) groups excluding carboxylic acids is 3. The van der Waals surface area contributed by atoms with Crippen LogP contribution in [0.5, 0.6) is 0 Å². The number of benzene rings is 2. The van der Waals surface area contributed by atoms with E-state index in [1.54, 1.807) is 28.8 Å². The molecule has 7 nitrogen and oxygen atoms in total. The van der Waals surface area contributed by atoms with Crippen LogP contribution >= 0.6 is 11.8 Å². The normalized spacial score (nSPS) is 22.7. The number of halogens is 3. The van der Waals surface area contributed by atoms with Crippen LogP contribution < -0.4 is 10.6 Å². The van der Waals surface area contributed by atoms with Gasteiger partial charge in [0.1, 0.15) is 6.04 Å². The summed E-state index contributed by atoms with van der Waals surface area (Å²) in [5, 5.41) is 5.88. The van der Waals surface area contributed by atoms with E-state index in [-0.39, 0.29) is 30.6 Å². The molecule has 2 saturated heterocycles. The lowest BCUT2D eigenvalue weighted by Crippen LogP contribution is -2.61. The molecule has 2 aromatic carbocycles. The summed E-state index contributed by atoms with van der Waals surface area (Å²) in [6.45, 7) is 0.587. The molecule has 0 radical (unpaired) electrons. The third-order valence-corrected chi connectivity index (χ3v) is 7.24. The van der Waals surface area contributed by atoms with Gasteiger partial charge in [0, 0.05) is 24.7 Å². The fourth-order valence-corrected chi connectivity index (χ4v) is 5.41. The number of alkyl halides is 3. The first-order valence-corrected chi connectivity index (χ1v) is 11.9. The molecule has 0 aromatic heterocycles. The summed E-state index contributed by atoms with van der Waals surface area (Å²) >= 11 is 1.63. The van der Waals surface area contributed by atoms with Crippen LogP contribution in [0.1, 0.15) is 15.9 Å². The standard InChI is InChI=1S/C23H21F3N4O3S/c24-23(25,26)15-3-1-2-13(8-15)14-4-5-17-16(9-14)21(32)30-7-6-29(10-19(30)20(31)28-17)22(33)18-11-34-12-27-18/h1-5,8-9,18-19,27H,6-7,10-12H2,(H,28,31)/t18-,19+/m0/s1. The van der Waals surface area contributed by atoms with Crippen molar-refractivity contribution in [3.8, 4) is 11.1 Å². The number of hydrogen-bond donors (Lipinski definition) is 2. The predicted molar refractivity (Wildman–Crippen MR) is 121 cm³/mol. The minimum atomic E-state index is -4.48. The molecule has 2 atom stereocenters. The second kappa shape index (κ2) is 8.62. The molecular formula is C23H21F3N4O3S. The van der Waals surface area contributed by atoms with Gasteiger partial charge in [-0.25, -0.2) is 0 Å². The molecule has 178 valence electrons. The zero-order valence-electron chi connectivity index (χ0n) is 17.9. The molecule has 3 aliphatic heterocycles. The molecule has 0 bridgehead atoms. The molecule has 3 amide bonds. The molecule has 0 aliphatic carbocycles. The van der Waals surface area contributed by atoms with E-state index in [0.29, 0.717) is 35.0 Å². The van der Waals surface area contributed by atoms with E-state index in [2.05, 4.69) is 10.6 Å². The summed E-state index contributed by atoms with van der Waals surface area (Å²) < 4.78 is 39.4. The number of anilines is 1. The molecule has 3 aliphatic rings. The van der Waals surface area contributed by atoms with Crippen LogP contribution in [0, 0.1) is 0 Å². The third-order valence-electron chi connectivity index (χ3n) is 6.30. The van der Waals surface area contributed by atoms with Crippen LogP contribution in [0.3, 0.4) is 0 Å². The van der Waals surface area contributed by atoms with Crippen molar-refractivity contribution in [2.45, 2.75) is 18.3 Å². The van der Waals surface area contributed by atoms with Crippen LogP contribution in [-0.2, 0) is 15.8 Å². The first kappa shape index (κ1) is 22.7. The highest BCUT2D eigenvalue weighted by atomic mass is 32.2. The Kier molecular flexibility index (Phi) is 5.76. The van der Waals surface area contributed by atoms with Gasteiger partial charge in [-0.2, -0.15) is 13.2 Å². The number of fused-ring (bicyclic) bond motifs is 2. The first-order chi connectivity index (χ1) is 16.2. The maximum absolute atomic E-state index is 13.4. The van der Waals surface area contributed by atoms with E-state index in [4.69, 9.17) is 0 Å². The fourth-order valence-electron chi connectivity index (χ4n) is 4.48. The van der Waals surface area contributed by atoms with E-state index >= 15 is 0 Å². The number of nitrogens with zero attached hydrogens (tertiary/aromatic N) is 2. The minimum absolute atomic E-state index is 0.0847. The van der Waals surface area contributed by atoms with Gasteiger partial charge in [-0.05, 0) is 35.4 Å². The highest BCUT2D eigenvalue weighted by molar-refractivity contribution is 7.99. The van der Waals surface area contributed by atoms with Crippen LogP contribution in [0.2, 0.25) is 0 Å².